The van der Waals surface area contributed by atoms with E-state index in [4.69, 9.17) is 10.5 Å². The molecule has 4 nitrogen and oxygen atoms in total. The van der Waals surface area contributed by atoms with E-state index in [1.807, 2.05) is 19.1 Å². The van der Waals surface area contributed by atoms with Crippen molar-refractivity contribution in [2.75, 3.05) is 24.7 Å². The van der Waals surface area contributed by atoms with Crippen LogP contribution in [0.3, 0.4) is 0 Å². The molecular weight excluding hydrogens is 228 g/mol. The number of rotatable bonds is 3. The van der Waals surface area contributed by atoms with Gasteiger partial charge in [-0.1, -0.05) is 18.2 Å². The monoisotopic (exact) mass is 250 g/mol. The van der Waals surface area contributed by atoms with E-state index < -0.39 is 0 Å². The number of para-hydroxylation sites is 1. The molecule has 1 aromatic rings. The summed E-state index contributed by atoms with van der Waals surface area (Å²) in [7, 11) is 0. The number of ether oxygens (including phenoxy) is 1. The van der Waals surface area contributed by atoms with Crippen molar-refractivity contribution in [1.82, 2.24) is 0 Å². The summed E-state index contributed by atoms with van der Waals surface area (Å²) in [4.78, 5) is 2.28. The number of aliphatic hydroxyl groups is 1. The van der Waals surface area contributed by atoms with Gasteiger partial charge in [-0.05, 0) is 25.5 Å². The Morgan fingerprint density at radius 2 is 2.22 bits per heavy atom. The molecule has 0 aliphatic carbocycles. The largest absolute Gasteiger partial charge is 0.394 e. The number of nitrogens with two attached hydrogens (primary N) is 1. The molecule has 1 aliphatic rings. The van der Waals surface area contributed by atoms with Crippen molar-refractivity contribution in [2.24, 2.45) is 5.73 Å². The third-order valence-corrected chi connectivity index (χ3v) is 3.45. The van der Waals surface area contributed by atoms with Crippen LogP contribution in [0, 0.1) is 0 Å². The van der Waals surface area contributed by atoms with Gasteiger partial charge >= 0.3 is 0 Å². The Kier molecular flexibility index (Phi) is 4.22. The zero-order valence-corrected chi connectivity index (χ0v) is 11.0. The standard InChI is InChI=1S/C14H22N2O2/c1-10-9-18-12(8-17)7-16(10)14-6-4-3-5-13(14)11(2)15/h3-6,10-12,17H,7-9,15H2,1-2H3/t10?,11-,12?/m0/s1. The van der Waals surface area contributed by atoms with Crippen molar-refractivity contribution in [3.63, 3.8) is 0 Å². The van der Waals surface area contributed by atoms with Crippen molar-refractivity contribution in [1.29, 1.82) is 0 Å². The van der Waals surface area contributed by atoms with E-state index in [2.05, 4.69) is 24.0 Å². The van der Waals surface area contributed by atoms with Gasteiger partial charge < -0.3 is 20.5 Å². The molecule has 0 bridgehead atoms. The topological polar surface area (TPSA) is 58.7 Å². The number of anilines is 1. The fourth-order valence-electron chi connectivity index (χ4n) is 2.40. The summed E-state index contributed by atoms with van der Waals surface area (Å²) in [5.74, 6) is 0. The molecular formula is C14H22N2O2. The second-order valence-corrected chi connectivity index (χ2v) is 4.99. The molecule has 3 N–H and O–H groups in total. The second-order valence-electron chi connectivity index (χ2n) is 4.99. The number of hydrogen-bond donors (Lipinski definition) is 2. The lowest BCUT2D eigenvalue weighted by Gasteiger charge is -2.40. The first-order valence-electron chi connectivity index (χ1n) is 6.47. The zero-order chi connectivity index (χ0) is 13.1. The van der Waals surface area contributed by atoms with Crippen LogP contribution in [0.5, 0.6) is 0 Å². The van der Waals surface area contributed by atoms with E-state index in [1.165, 1.54) is 0 Å². The molecule has 2 rings (SSSR count). The van der Waals surface area contributed by atoms with Crippen molar-refractivity contribution < 1.29 is 9.84 Å². The van der Waals surface area contributed by atoms with Crippen molar-refractivity contribution in [2.45, 2.75) is 32.0 Å². The number of nitrogens with zero attached hydrogens (tertiary/aromatic N) is 1. The summed E-state index contributed by atoms with van der Waals surface area (Å²) in [6.07, 6.45) is -0.109. The summed E-state index contributed by atoms with van der Waals surface area (Å²) < 4.78 is 5.57. The smallest absolute Gasteiger partial charge is 0.0981 e. The highest BCUT2D eigenvalue weighted by Gasteiger charge is 2.27. The maximum atomic E-state index is 9.24. The van der Waals surface area contributed by atoms with Gasteiger partial charge in [0.05, 0.1) is 19.3 Å². The molecule has 0 amide bonds. The van der Waals surface area contributed by atoms with E-state index >= 15 is 0 Å². The zero-order valence-electron chi connectivity index (χ0n) is 11.0. The molecule has 1 aliphatic heterocycles. The first kappa shape index (κ1) is 13.3. The molecule has 0 radical (unpaired) electrons. The quantitative estimate of drug-likeness (QED) is 0.849. The minimum atomic E-state index is -0.109. The molecule has 0 spiro atoms. The van der Waals surface area contributed by atoms with Gasteiger partial charge in [-0.3, -0.25) is 0 Å². The Bertz CT molecular complexity index is 395. The molecule has 3 atom stereocenters. The van der Waals surface area contributed by atoms with E-state index in [-0.39, 0.29) is 18.8 Å². The van der Waals surface area contributed by atoms with Crippen molar-refractivity contribution in [3.05, 3.63) is 29.8 Å². The fourth-order valence-corrected chi connectivity index (χ4v) is 2.40. The molecule has 1 aromatic carbocycles. The van der Waals surface area contributed by atoms with Crippen LogP contribution in [0.2, 0.25) is 0 Å². The van der Waals surface area contributed by atoms with Crippen LogP contribution < -0.4 is 10.6 Å². The van der Waals surface area contributed by atoms with E-state index in [0.717, 1.165) is 11.3 Å². The van der Waals surface area contributed by atoms with Crippen LogP contribution in [0.4, 0.5) is 5.69 Å². The summed E-state index contributed by atoms with van der Waals surface area (Å²) >= 11 is 0. The van der Waals surface area contributed by atoms with Crippen molar-refractivity contribution >= 4 is 5.69 Å². The van der Waals surface area contributed by atoms with Crippen LogP contribution >= 0.6 is 0 Å². The Labute approximate surface area is 108 Å². The SMILES string of the molecule is CC1COC(CO)CN1c1ccccc1[C@H](C)N. The molecule has 18 heavy (non-hydrogen) atoms. The van der Waals surface area contributed by atoms with Gasteiger partial charge in [-0.25, -0.2) is 0 Å². The number of hydrogen-bond acceptors (Lipinski definition) is 4. The van der Waals surface area contributed by atoms with Gasteiger partial charge in [0.15, 0.2) is 0 Å². The van der Waals surface area contributed by atoms with E-state index in [1.54, 1.807) is 0 Å². The van der Waals surface area contributed by atoms with Crippen LogP contribution in [0.25, 0.3) is 0 Å². The number of benzene rings is 1. The van der Waals surface area contributed by atoms with Gasteiger partial charge in [-0.15, -0.1) is 0 Å². The Balaban J connectivity index is 2.28. The predicted molar refractivity (Wildman–Crippen MR) is 72.7 cm³/mol. The van der Waals surface area contributed by atoms with E-state index in [0.29, 0.717) is 19.2 Å². The molecule has 100 valence electrons. The second kappa shape index (κ2) is 5.69. The van der Waals surface area contributed by atoms with Crippen molar-refractivity contribution in [3.8, 4) is 0 Å². The highest BCUT2D eigenvalue weighted by atomic mass is 16.5. The molecule has 1 fully saturated rings. The summed E-state index contributed by atoms with van der Waals surface area (Å²) in [5.41, 5.74) is 8.32. The lowest BCUT2D eigenvalue weighted by atomic mass is 10.0. The number of aliphatic hydroxyl groups excluding tert-OH is 1. The minimum Gasteiger partial charge on any atom is -0.394 e. The summed E-state index contributed by atoms with van der Waals surface area (Å²) in [6, 6.07) is 8.50. The molecule has 1 saturated heterocycles. The lowest BCUT2D eigenvalue weighted by Crippen LogP contribution is -2.50. The fraction of sp³-hybridized carbons (Fsp3) is 0.571. The minimum absolute atomic E-state index is 0.00354. The first-order chi connectivity index (χ1) is 8.63. The summed E-state index contributed by atoms with van der Waals surface area (Å²) in [5, 5.41) is 9.24. The molecule has 0 aromatic heterocycles. The molecule has 1 heterocycles. The van der Waals surface area contributed by atoms with Gasteiger partial charge in [0, 0.05) is 24.3 Å². The summed E-state index contributed by atoms with van der Waals surface area (Å²) in [6.45, 7) is 5.53. The maximum Gasteiger partial charge on any atom is 0.0981 e. The molecule has 4 heteroatoms. The Hall–Kier alpha value is -1.10. The van der Waals surface area contributed by atoms with Crippen LogP contribution in [-0.2, 0) is 4.74 Å². The van der Waals surface area contributed by atoms with Gasteiger partial charge in [0.2, 0.25) is 0 Å². The third-order valence-electron chi connectivity index (χ3n) is 3.45. The van der Waals surface area contributed by atoms with Crippen LogP contribution in [0.1, 0.15) is 25.5 Å². The Morgan fingerprint density at radius 3 is 2.89 bits per heavy atom. The molecule has 0 saturated carbocycles. The third kappa shape index (κ3) is 2.66. The highest BCUT2D eigenvalue weighted by Crippen LogP contribution is 2.28. The van der Waals surface area contributed by atoms with Gasteiger partial charge in [0.25, 0.3) is 0 Å². The Morgan fingerprint density at radius 1 is 1.50 bits per heavy atom. The first-order valence-corrected chi connectivity index (χ1v) is 6.47. The van der Waals surface area contributed by atoms with Crippen LogP contribution in [-0.4, -0.2) is 37.0 Å². The average molecular weight is 250 g/mol. The van der Waals surface area contributed by atoms with E-state index in [9.17, 15) is 5.11 Å². The van der Waals surface area contributed by atoms with Gasteiger partial charge in [0.1, 0.15) is 0 Å². The normalized spacial score (nSPS) is 26.1. The highest BCUT2D eigenvalue weighted by molar-refractivity contribution is 5.56. The van der Waals surface area contributed by atoms with Crippen LogP contribution in [0.15, 0.2) is 24.3 Å². The maximum absolute atomic E-state index is 9.24. The number of morpholine rings is 1. The predicted octanol–water partition coefficient (Wildman–Crippen LogP) is 1.29. The molecule has 2 unspecified atom stereocenters. The van der Waals surface area contributed by atoms with Gasteiger partial charge in [-0.2, -0.15) is 0 Å². The lowest BCUT2D eigenvalue weighted by molar-refractivity contribution is -0.0103. The average Bonchev–Trinajstić information content (AvgIpc) is 2.39.